The molecule has 0 radical (unpaired) electrons. The lowest BCUT2D eigenvalue weighted by molar-refractivity contribution is -0.141. The first-order valence-corrected chi connectivity index (χ1v) is 9.62. The molecule has 2 heterocycles. The van der Waals surface area contributed by atoms with Gasteiger partial charge in [-0.05, 0) is 24.3 Å². The molecule has 2 aromatic rings. The number of benzene rings is 1. The maximum absolute atomic E-state index is 12.1. The van der Waals surface area contributed by atoms with E-state index in [0.29, 0.717) is 5.56 Å². The van der Waals surface area contributed by atoms with Crippen molar-refractivity contribution in [1.82, 2.24) is 19.4 Å². The number of likely N-dealkylation sites (tertiary alicyclic amines) is 1. The smallest absolute Gasteiger partial charge is 0.322 e. The SMILES string of the molecule is CN(C)S(=O)(=O)c1ccc(-c2nnc(NC(=O)CN3C(=O)CCC3=O)o2)cc1. The first kappa shape index (κ1) is 19.6. The molecule has 3 amide bonds. The van der Waals surface area contributed by atoms with Crippen LogP contribution in [0.15, 0.2) is 33.6 Å². The van der Waals surface area contributed by atoms with Crippen LogP contribution < -0.4 is 5.32 Å². The van der Waals surface area contributed by atoms with Crippen LogP contribution in [0.4, 0.5) is 6.01 Å². The molecule has 0 spiro atoms. The van der Waals surface area contributed by atoms with Crippen LogP contribution in [0.25, 0.3) is 11.5 Å². The van der Waals surface area contributed by atoms with E-state index in [1.165, 1.54) is 38.4 Å². The minimum atomic E-state index is -3.56. The maximum atomic E-state index is 12.1. The van der Waals surface area contributed by atoms with Gasteiger partial charge in [0.2, 0.25) is 33.6 Å². The van der Waals surface area contributed by atoms with Crippen LogP contribution in [0, 0.1) is 0 Å². The van der Waals surface area contributed by atoms with E-state index in [0.717, 1.165) is 9.21 Å². The third kappa shape index (κ3) is 3.92. The van der Waals surface area contributed by atoms with Crippen LogP contribution in [-0.2, 0) is 24.4 Å². The molecule has 1 saturated heterocycles. The predicted octanol–water partition coefficient (Wildman–Crippen LogP) is 0.0744. The molecule has 1 aliphatic heterocycles. The van der Waals surface area contributed by atoms with Crippen molar-refractivity contribution in [2.24, 2.45) is 0 Å². The van der Waals surface area contributed by atoms with E-state index >= 15 is 0 Å². The second kappa shape index (κ2) is 7.48. The summed E-state index contributed by atoms with van der Waals surface area (Å²) in [6, 6.07) is 5.59. The minimum absolute atomic E-state index is 0.0671. The monoisotopic (exact) mass is 407 g/mol. The molecule has 0 bridgehead atoms. The van der Waals surface area contributed by atoms with Gasteiger partial charge >= 0.3 is 6.01 Å². The van der Waals surface area contributed by atoms with Crippen molar-refractivity contribution < 1.29 is 27.2 Å². The van der Waals surface area contributed by atoms with Gasteiger partial charge in [-0.1, -0.05) is 5.10 Å². The van der Waals surface area contributed by atoms with E-state index in [1.807, 2.05) is 0 Å². The van der Waals surface area contributed by atoms with Gasteiger partial charge < -0.3 is 4.42 Å². The summed E-state index contributed by atoms with van der Waals surface area (Å²) in [6.45, 7) is -0.424. The molecule has 1 aromatic heterocycles. The summed E-state index contributed by atoms with van der Waals surface area (Å²) in [7, 11) is -0.697. The van der Waals surface area contributed by atoms with Crippen molar-refractivity contribution in [3.8, 4) is 11.5 Å². The quantitative estimate of drug-likeness (QED) is 0.663. The fourth-order valence-corrected chi connectivity index (χ4v) is 3.37. The maximum Gasteiger partial charge on any atom is 0.322 e. The van der Waals surface area contributed by atoms with E-state index in [9.17, 15) is 22.8 Å². The molecular formula is C16H17N5O6S. The molecule has 148 valence electrons. The molecule has 3 rings (SSSR count). The normalized spacial score (nSPS) is 14.8. The topological polar surface area (TPSA) is 143 Å². The van der Waals surface area contributed by atoms with Crippen molar-refractivity contribution in [3.05, 3.63) is 24.3 Å². The van der Waals surface area contributed by atoms with Gasteiger partial charge in [0.05, 0.1) is 4.90 Å². The highest BCUT2D eigenvalue weighted by Gasteiger charge is 2.30. The molecule has 11 nitrogen and oxygen atoms in total. The third-order valence-electron chi connectivity index (χ3n) is 4.01. The molecule has 12 heteroatoms. The Balaban J connectivity index is 1.68. The highest BCUT2D eigenvalue weighted by Crippen LogP contribution is 2.22. The number of hydrogen-bond donors (Lipinski definition) is 1. The number of nitrogens with one attached hydrogen (secondary N) is 1. The fraction of sp³-hybridized carbons (Fsp3) is 0.312. The van der Waals surface area contributed by atoms with Crippen LogP contribution in [0.5, 0.6) is 0 Å². The Hall–Kier alpha value is -3.12. The number of sulfonamides is 1. The second-order valence-electron chi connectivity index (χ2n) is 6.15. The Morgan fingerprint density at radius 3 is 2.32 bits per heavy atom. The van der Waals surface area contributed by atoms with Gasteiger partial charge in [-0.15, -0.1) is 5.10 Å². The Kier molecular flexibility index (Phi) is 5.25. The summed E-state index contributed by atoms with van der Waals surface area (Å²) in [5, 5.41) is 9.79. The lowest BCUT2D eigenvalue weighted by Gasteiger charge is -2.11. The van der Waals surface area contributed by atoms with Gasteiger partial charge in [-0.3, -0.25) is 24.6 Å². The Morgan fingerprint density at radius 2 is 1.75 bits per heavy atom. The first-order chi connectivity index (χ1) is 13.2. The van der Waals surface area contributed by atoms with Crippen LogP contribution in [0.1, 0.15) is 12.8 Å². The summed E-state index contributed by atoms with van der Waals surface area (Å²) in [5.41, 5.74) is 0.454. The molecule has 0 saturated carbocycles. The van der Waals surface area contributed by atoms with E-state index in [2.05, 4.69) is 15.5 Å². The summed E-state index contributed by atoms with van der Waals surface area (Å²) < 4.78 is 30.6. The molecule has 1 fully saturated rings. The summed E-state index contributed by atoms with van der Waals surface area (Å²) >= 11 is 0. The summed E-state index contributed by atoms with van der Waals surface area (Å²) in [6.07, 6.45) is 0.187. The molecule has 0 unspecified atom stereocenters. The van der Waals surface area contributed by atoms with E-state index in [4.69, 9.17) is 4.42 Å². The number of hydrogen-bond acceptors (Lipinski definition) is 8. The first-order valence-electron chi connectivity index (χ1n) is 8.18. The molecule has 28 heavy (non-hydrogen) atoms. The van der Waals surface area contributed by atoms with Gasteiger partial charge in [-0.2, -0.15) is 0 Å². The minimum Gasteiger partial charge on any atom is -0.403 e. The highest BCUT2D eigenvalue weighted by molar-refractivity contribution is 7.89. The van der Waals surface area contributed by atoms with Crippen molar-refractivity contribution in [2.75, 3.05) is 26.0 Å². The van der Waals surface area contributed by atoms with E-state index < -0.39 is 34.3 Å². The van der Waals surface area contributed by atoms with Gasteiger partial charge in [0, 0.05) is 32.5 Å². The molecule has 1 N–H and O–H groups in total. The van der Waals surface area contributed by atoms with Gasteiger partial charge in [-0.25, -0.2) is 12.7 Å². The predicted molar refractivity (Wildman–Crippen MR) is 95.2 cm³/mol. The van der Waals surface area contributed by atoms with Crippen LogP contribution in [0.3, 0.4) is 0 Å². The van der Waals surface area contributed by atoms with E-state index in [1.54, 1.807) is 0 Å². The lowest BCUT2D eigenvalue weighted by Crippen LogP contribution is -2.36. The number of aromatic nitrogens is 2. The van der Waals surface area contributed by atoms with E-state index in [-0.39, 0.29) is 29.6 Å². The van der Waals surface area contributed by atoms with Crippen LogP contribution in [-0.4, -0.2) is 66.2 Å². The van der Waals surface area contributed by atoms with Gasteiger partial charge in [0.1, 0.15) is 6.54 Å². The van der Waals surface area contributed by atoms with Gasteiger partial charge in [0.15, 0.2) is 0 Å². The average molecular weight is 407 g/mol. The van der Waals surface area contributed by atoms with Crippen molar-refractivity contribution in [1.29, 1.82) is 0 Å². The zero-order chi connectivity index (χ0) is 20.5. The van der Waals surface area contributed by atoms with Crippen LogP contribution in [0.2, 0.25) is 0 Å². The fourth-order valence-electron chi connectivity index (χ4n) is 2.47. The Bertz CT molecular complexity index is 1010. The number of rotatable bonds is 6. The molecule has 0 aliphatic carbocycles. The number of carbonyl (C=O) groups is 3. The zero-order valence-electron chi connectivity index (χ0n) is 15.1. The molecular weight excluding hydrogens is 390 g/mol. The number of carbonyl (C=O) groups excluding carboxylic acids is 3. The largest absolute Gasteiger partial charge is 0.403 e. The standard InChI is InChI=1S/C16H17N5O6S/c1-20(2)28(25,26)11-5-3-10(4-6-11)15-18-19-16(27-15)17-12(22)9-21-13(23)7-8-14(21)24/h3-6H,7-9H2,1-2H3,(H,17,19,22). The van der Waals surface area contributed by atoms with Crippen molar-refractivity contribution >= 4 is 33.8 Å². The molecule has 1 aliphatic rings. The Morgan fingerprint density at radius 1 is 1.14 bits per heavy atom. The summed E-state index contributed by atoms with van der Waals surface area (Å²) in [5.74, 6) is -1.39. The zero-order valence-corrected chi connectivity index (χ0v) is 15.9. The third-order valence-corrected chi connectivity index (χ3v) is 5.84. The van der Waals surface area contributed by atoms with Crippen LogP contribution >= 0.6 is 0 Å². The molecule has 1 aromatic carbocycles. The highest BCUT2D eigenvalue weighted by atomic mass is 32.2. The number of nitrogens with zero attached hydrogens (tertiary/aromatic N) is 4. The number of anilines is 1. The average Bonchev–Trinajstić information content (AvgIpc) is 3.23. The second-order valence-corrected chi connectivity index (χ2v) is 8.30. The summed E-state index contributed by atoms with van der Waals surface area (Å²) in [4.78, 5) is 36.0. The number of amides is 3. The van der Waals surface area contributed by atoms with Crippen molar-refractivity contribution in [3.63, 3.8) is 0 Å². The molecule has 0 atom stereocenters. The lowest BCUT2D eigenvalue weighted by atomic mass is 10.2. The van der Waals surface area contributed by atoms with Crippen molar-refractivity contribution in [2.45, 2.75) is 17.7 Å². The van der Waals surface area contributed by atoms with Gasteiger partial charge in [0.25, 0.3) is 0 Å². The Labute approximate surface area is 160 Å². The number of imide groups is 1.